The van der Waals surface area contributed by atoms with E-state index in [1.165, 1.54) is 0 Å². The Kier molecular flexibility index (Phi) is 5.03. The lowest BCUT2D eigenvalue weighted by atomic mass is 10.1. The summed E-state index contributed by atoms with van der Waals surface area (Å²) in [6.07, 6.45) is -3.03. The molecule has 1 amide bonds. The third kappa shape index (κ3) is 4.46. The van der Waals surface area contributed by atoms with Gasteiger partial charge in [0.2, 0.25) is 0 Å². The molecule has 116 valence electrons. The predicted molar refractivity (Wildman–Crippen MR) is 76.7 cm³/mol. The summed E-state index contributed by atoms with van der Waals surface area (Å²) in [6, 6.07) is 9.10. The van der Waals surface area contributed by atoms with Gasteiger partial charge in [-0.15, -0.1) is 0 Å². The molecule has 0 fully saturated rings. The molecule has 2 aromatic rings. The summed E-state index contributed by atoms with van der Waals surface area (Å²) in [5.74, 6) is -0.469. The third-order valence-corrected chi connectivity index (χ3v) is 3.14. The molecule has 0 radical (unpaired) electrons. The van der Waals surface area contributed by atoms with Gasteiger partial charge >= 0.3 is 6.18 Å². The molecule has 1 aromatic heterocycles. The van der Waals surface area contributed by atoms with E-state index in [0.29, 0.717) is 18.0 Å². The Morgan fingerprint density at radius 1 is 1.23 bits per heavy atom. The van der Waals surface area contributed by atoms with Crippen molar-refractivity contribution in [3.8, 4) is 0 Å². The number of pyridine rings is 1. The molecule has 1 N–H and O–H groups in total. The van der Waals surface area contributed by atoms with E-state index in [0.717, 1.165) is 23.9 Å². The van der Waals surface area contributed by atoms with Crippen LogP contribution in [0.5, 0.6) is 0 Å². The molecule has 0 atom stereocenters. The van der Waals surface area contributed by atoms with Crippen molar-refractivity contribution in [2.45, 2.75) is 12.6 Å². The number of alkyl halides is 3. The zero-order valence-electron chi connectivity index (χ0n) is 11.3. The van der Waals surface area contributed by atoms with E-state index in [9.17, 15) is 18.0 Å². The number of carbonyl (C=O) groups excluding carboxylic acids is 1. The summed E-state index contributed by atoms with van der Waals surface area (Å²) in [6.45, 7) is 0.347. The van der Waals surface area contributed by atoms with Crippen LogP contribution in [-0.4, -0.2) is 17.4 Å². The molecule has 0 aliphatic carbocycles. The molecule has 7 heteroatoms. The fourth-order valence-electron chi connectivity index (χ4n) is 1.81. The molecule has 22 heavy (non-hydrogen) atoms. The average Bonchev–Trinajstić information content (AvgIpc) is 2.46. The van der Waals surface area contributed by atoms with Crippen LogP contribution >= 0.6 is 11.6 Å². The summed E-state index contributed by atoms with van der Waals surface area (Å²) in [4.78, 5) is 15.0. The number of rotatable bonds is 4. The van der Waals surface area contributed by atoms with Crippen LogP contribution in [-0.2, 0) is 12.6 Å². The van der Waals surface area contributed by atoms with Gasteiger partial charge in [0.15, 0.2) is 0 Å². The molecule has 1 aromatic carbocycles. The van der Waals surface area contributed by atoms with Gasteiger partial charge in [-0.25, -0.2) is 0 Å². The van der Waals surface area contributed by atoms with Gasteiger partial charge in [-0.1, -0.05) is 23.7 Å². The fourth-order valence-corrected chi connectivity index (χ4v) is 2.02. The monoisotopic (exact) mass is 328 g/mol. The number of halogens is 4. The molecule has 1 heterocycles. The van der Waals surface area contributed by atoms with E-state index < -0.39 is 17.8 Å². The zero-order chi connectivity index (χ0) is 16.2. The van der Waals surface area contributed by atoms with Crippen molar-refractivity contribution in [1.82, 2.24) is 10.3 Å². The number of hydrogen-bond donors (Lipinski definition) is 1. The number of nitrogens with one attached hydrogen (secondary N) is 1. The summed E-state index contributed by atoms with van der Waals surface area (Å²) in [5, 5.41) is 3.23. The van der Waals surface area contributed by atoms with Gasteiger partial charge in [0.05, 0.1) is 5.56 Å². The van der Waals surface area contributed by atoms with E-state index in [4.69, 9.17) is 11.6 Å². The van der Waals surface area contributed by atoms with Crippen molar-refractivity contribution in [2.24, 2.45) is 0 Å². The van der Waals surface area contributed by atoms with Crippen LogP contribution in [0.15, 0.2) is 42.6 Å². The Bertz CT molecular complexity index is 657. The average molecular weight is 329 g/mol. The maximum atomic E-state index is 12.4. The number of carbonyl (C=O) groups is 1. The van der Waals surface area contributed by atoms with Crippen LogP contribution in [0.25, 0.3) is 0 Å². The minimum absolute atomic E-state index is 0.0825. The molecule has 0 aliphatic heterocycles. The first kappa shape index (κ1) is 16.3. The summed E-state index contributed by atoms with van der Waals surface area (Å²) in [5.41, 5.74) is 0.0143. The quantitative estimate of drug-likeness (QED) is 0.929. The van der Waals surface area contributed by atoms with Crippen molar-refractivity contribution in [1.29, 1.82) is 0 Å². The second-order valence-corrected chi connectivity index (χ2v) is 5.00. The van der Waals surface area contributed by atoms with Gasteiger partial charge in [-0.05, 0) is 36.2 Å². The normalized spacial score (nSPS) is 11.3. The maximum Gasteiger partial charge on any atom is 0.433 e. The molecular weight excluding hydrogens is 317 g/mol. The van der Waals surface area contributed by atoms with Crippen LogP contribution in [0.1, 0.15) is 21.6 Å². The van der Waals surface area contributed by atoms with Gasteiger partial charge in [0.25, 0.3) is 5.91 Å². The predicted octanol–water partition coefficient (Wildman–Crippen LogP) is 3.73. The van der Waals surface area contributed by atoms with Gasteiger partial charge in [-0.3, -0.25) is 9.78 Å². The fraction of sp³-hybridized carbons (Fsp3) is 0.200. The molecule has 0 saturated heterocycles. The summed E-state index contributed by atoms with van der Waals surface area (Å²) in [7, 11) is 0. The molecule has 2 rings (SSSR count). The molecule has 0 spiro atoms. The van der Waals surface area contributed by atoms with Crippen molar-refractivity contribution in [2.75, 3.05) is 6.54 Å². The molecule has 0 aliphatic rings. The molecular formula is C15H12ClF3N2O. The number of aromatic nitrogens is 1. The Morgan fingerprint density at radius 2 is 2.00 bits per heavy atom. The Morgan fingerprint density at radius 3 is 2.59 bits per heavy atom. The van der Waals surface area contributed by atoms with Gasteiger partial charge < -0.3 is 5.32 Å². The zero-order valence-corrected chi connectivity index (χ0v) is 12.1. The van der Waals surface area contributed by atoms with E-state index in [1.807, 2.05) is 6.07 Å². The van der Waals surface area contributed by atoms with Crippen molar-refractivity contribution < 1.29 is 18.0 Å². The minimum Gasteiger partial charge on any atom is -0.352 e. The summed E-state index contributed by atoms with van der Waals surface area (Å²) < 4.78 is 37.1. The van der Waals surface area contributed by atoms with Crippen LogP contribution in [0, 0.1) is 0 Å². The summed E-state index contributed by atoms with van der Waals surface area (Å²) >= 11 is 5.85. The molecule has 0 saturated carbocycles. The van der Waals surface area contributed by atoms with E-state index in [-0.39, 0.29) is 5.56 Å². The Labute approximate surface area is 130 Å². The first-order valence-corrected chi connectivity index (χ1v) is 6.80. The molecule has 0 unspecified atom stereocenters. The van der Waals surface area contributed by atoms with Gasteiger partial charge in [-0.2, -0.15) is 13.2 Å². The topological polar surface area (TPSA) is 42.0 Å². The highest BCUT2D eigenvalue weighted by Crippen LogP contribution is 2.27. The van der Waals surface area contributed by atoms with Crippen molar-refractivity contribution in [3.05, 3.63) is 64.4 Å². The van der Waals surface area contributed by atoms with E-state index in [1.54, 1.807) is 18.2 Å². The highest BCUT2D eigenvalue weighted by molar-refractivity contribution is 6.30. The van der Waals surface area contributed by atoms with Crippen LogP contribution in [0.2, 0.25) is 5.02 Å². The number of hydrogen-bond acceptors (Lipinski definition) is 2. The van der Waals surface area contributed by atoms with E-state index >= 15 is 0 Å². The maximum absolute atomic E-state index is 12.4. The number of amides is 1. The Hall–Kier alpha value is -2.08. The largest absolute Gasteiger partial charge is 0.433 e. The van der Waals surface area contributed by atoms with Crippen LogP contribution in [0.4, 0.5) is 13.2 Å². The first-order valence-electron chi connectivity index (χ1n) is 6.42. The smallest absolute Gasteiger partial charge is 0.352 e. The lowest BCUT2D eigenvalue weighted by Crippen LogP contribution is -2.26. The highest BCUT2D eigenvalue weighted by atomic mass is 35.5. The van der Waals surface area contributed by atoms with Crippen molar-refractivity contribution in [3.63, 3.8) is 0 Å². The van der Waals surface area contributed by atoms with Crippen LogP contribution in [0.3, 0.4) is 0 Å². The second-order valence-electron chi connectivity index (χ2n) is 4.57. The lowest BCUT2D eigenvalue weighted by molar-refractivity contribution is -0.141. The molecule has 3 nitrogen and oxygen atoms in total. The van der Waals surface area contributed by atoms with Crippen molar-refractivity contribution >= 4 is 17.5 Å². The Balaban J connectivity index is 1.90. The van der Waals surface area contributed by atoms with E-state index in [2.05, 4.69) is 10.3 Å². The van der Waals surface area contributed by atoms with Crippen LogP contribution < -0.4 is 5.32 Å². The third-order valence-electron chi connectivity index (χ3n) is 2.90. The van der Waals surface area contributed by atoms with Gasteiger partial charge in [0, 0.05) is 17.8 Å². The standard InChI is InChI=1S/C15H12ClF3N2O/c16-12-3-1-2-10(8-12)6-7-20-14(22)11-4-5-13(21-9-11)15(17,18)19/h1-5,8-9H,6-7H2,(H,20,22). The second kappa shape index (κ2) is 6.79. The lowest BCUT2D eigenvalue weighted by Gasteiger charge is -2.08. The minimum atomic E-state index is -4.51. The highest BCUT2D eigenvalue weighted by Gasteiger charge is 2.32. The number of nitrogens with zero attached hydrogens (tertiary/aromatic N) is 1. The number of benzene rings is 1. The SMILES string of the molecule is O=C(NCCc1cccc(Cl)c1)c1ccc(C(F)(F)F)nc1. The van der Waals surface area contributed by atoms with Gasteiger partial charge in [0.1, 0.15) is 5.69 Å². The first-order chi connectivity index (χ1) is 10.4. The molecule has 0 bridgehead atoms.